The molecule has 0 aliphatic heterocycles. The van der Waals surface area contributed by atoms with Crippen LogP contribution in [0, 0.1) is 0 Å². The maximum atomic E-state index is 9.05. The van der Waals surface area contributed by atoms with E-state index in [2.05, 4.69) is 5.10 Å². The van der Waals surface area contributed by atoms with Crippen molar-refractivity contribution < 1.29 is 5.11 Å². The van der Waals surface area contributed by atoms with Gasteiger partial charge in [0.2, 0.25) is 0 Å². The van der Waals surface area contributed by atoms with Gasteiger partial charge in [0.15, 0.2) is 0 Å². The standard InChI is InChI=1S/C10H13N3O/c1-12-6-9(5-11-12)7-13-4-2-3-10(13)8-14/h2-6,14H,7-8H2,1H3. The molecule has 0 saturated heterocycles. The highest BCUT2D eigenvalue weighted by molar-refractivity contribution is 5.11. The molecule has 0 radical (unpaired) electrons. The van der Waals surface area contributed by atoms with Crippen molar-refractivity contribution in [3.8, 4) is 0 Å². The lowest BCUT2D eigenvalue weighted by Crippen LogP contribution is -2.02. The molecule has 0 amide bonds. The van der Waals surface area contributed by atoms with Gasteiger partial charge in [-0.25, -0.2) is 0 Å². The van der Waals surface area contributed by atoms with Crippen molar-refractivity contribution in [2.24, 2.45) is 7.05 Å². The van der Waals surface area contributed by atoms with E-state index in [0.29, 0.717) is 0 Å². The molecule has 0 unspecified atom stereocenters. The molecule has 1 N–H and O–H groups in total. The van der Waals surface area contributed by atoms with E-state index in [1.54, 1.807) is 4.68 Å². The smallest absolute Gasteiger partial charge is 0.0832 e. The zero-order valence-corrected chi connectivity index (χ0v) is 8.09. The van der Waals surface area contributed by atoms with Crippen LogP contribution in [-0.4, -0.2) is 19.5 Å². The van der Waals surface area contributed by atoms with Gasteiger partial charge in [-0.05, 0) is 12.1 Å². The number of hydrogen-bond donors (Lipinski definition) is 1. The zero-order valence-electron chi connectivity index (χ0n) is 8.09. The van der Waals surface area contributed by atoms with Gasteiger partial charge in [-0.1, -0.05) is 0 Å². The van der Waals surface area contributed by atoms with Crippen molar-refractivity contribution in [3.63, 3.8) is 0 Å². The summed E-state index contributed by atoms with van der Waals surface area (Å²) in [6.07, 6.45) is 5.76. The first-order valence-corrected chi connectivity index (χ1v) is 4.52. The Hall–Kier alpha value is -1.55. The largest absolute Gasteiger partial charge is 0.390 e. The predicted octanol–water partition coefficient (Wildman–Crippen LogP) is 0.762. The number of aryl methyl sites for hydroxylation is 1. The van der Waals surface area contributed by atoms with E-state index in [1.807, 2.05) is 42.3 Å². The molecule has 0 atom stereocenters. The molecule has 0 aliphatic rings. The van der Waals surface area contributed by atoms with Gasteiger partial charge < -0.3 is 9.67 Å². The van der Waals surface area contributed by atoms with Gasteiger partial charge in [-0.3, -0.25) is 4.68 Å². The third-order valence-electron chi connectivity index (χ3n) is 2.20. The highest BCUT2D eigenvalue weighted by Crippen LogP contribution is 2.06. The van der Waals surface area contributed by atoms with Gasteiger partial charge in [-0.15, -0.1) is 0 Å². The highest BCUT2D eigenvalue weighted by Gasteiger charge is 2.01. The number of aliphatic hydroxyl groups excluding tert-OH is 1. The summed E-state index contributed by atoms with van der Waals surface area (Å²) < 4.78 is 3.79. The van der Waals surface area contributed by atoms with Gasteiger partial charge in [-0.2, -0.15) is 5.10 Å². The van der Waals surface area contributed by atoms with Crippen LogP contribution in [0.25, 0.3) is 0 Å². The number of nitrogens with zero attached hydrogens (tertiary/aromatic N) is 3. The van der Waals surface area contributed by atoms with Gasteiger partial charge in [0, 0.05) is 30.7 Å². The monoisotopic (exact) mass is 191 g/mol. The molecule has 2 aromatic heterocycles. The van der Waals surface area contributed by atoms with Crippen LogP contribution in [0.2, 0.25) is 0 Å². The Balaban J connectivity index is 2.18. The minimum atomic E-state index is 0.0766. The van der Waals surface area contributed by atoms with Crippen molar-refractivity contribution in [2.75, 3.05) is 0 Å². The Morgan fingerprint density at radius 3 is 3.00 bits per heavy atom. The zero-order chi connectivity index (χ0) is 9.97. The fraction of sp³-hybridized carbons (Fsp3) is 0.300. The molecule has 14 heavy (non-hydrogen) atoms. The summed E-state index contributed by atoms with van der Waals surface area (Å²) in [6.45, 7) is 0.837. The van der Waals surface area contributed by atoms with Crippen LogP contribution in [0.4, 0.5) is 0 Å². The number of aromatic nitrogens is 3. The molecule has 2 rings (SSSR count). The van der Waals surface area contributed by atoms with Crippen LogP contribution in [0.3, 0.4) is 0 Å². The van der Waals surface area contributed by atoms with Gasteiger partial charge >= 0.3 is 0 Å². The van der Waals surface area contributed by atoms with Gasteiger partial charge in [0.05, 0.1) is 19.3 Å². The summed E-state index contributed by atoms with van der Waals surface area (Å²) in [4.78, 5) is 0. The van der Waals surface area contributed by atoms with E-state index in [9.17, 15) is 0 Å². The van der Waals surface area contributed by atoms with E-state index >= 15 is 0 Å². The summed E-state index contributed by atoms with van der Waals surface area (Å²) in [5.74, 6) is 0. The third-order valence-corrected chi connectivity index (χ3v) is 2.20. The average molecular weight is 191 g/mol. The lowest BCUT2D eigenvalue weighted by atomic mass is 10.3. The Kier molecular flexibility index (Phi) is 2.37. The number of aliphatic hydroxyl groups is 1. The summed E-state index contributed by atoms with van der Waals surface area (Å²) in [5, 5.41) is 13.1. The minimum absolute atomic E-state index is 0.0766. The summed E-state index contributed by atoms with van der Waals surface area (Å²) in [5.41, 5.74) is 2.06. The lowest BCUT2D eigenvalue weighted by molar-refractivity contribution is 0.271. The molecule has 0 aromatic carbocycles. The summed E-state index contributed by atoms with van der Waals surface area (Å²) in [7, 11) is 1.89. The second-order valence-corrected chi connectivity index (χ2v) is 3.31. The van der Waals surface area contributed by atoms with E-state index < -0.39 is 0 Å². The SMILES string of the molecule is Cn1cc(Cn2cccc2CO)cn1. The Bertz CT molecular complexity index is 416. The molecule has 74 valence electrons. The first-order valence-electron chi connectivity index (χ1n) is 4.52. The predicted molar refractivity (Wildman–Crippen MR) is 52.7 cm³/mol. The van der Waals surface area contributed by atoms with Crippen LogP contribution in [-0.2, 0) is 20.2 Å². The third kappa shape index (κ3) is 1.70. The molecule has 0 saturated carbocycles. The van der Waals surface area contributed by atoms with Crippen LogP contribution in [0.5, 0.6) is 0 Å². The normalized spacial score (nSPS) is 10.7. The minimum Gasteiger partial charge on any atom is -0.390 e. The first kappa shape index (κ1) is 9.02. The van der Waals surface area contributed by atoms with E-state index in [1.165, 1.54) is 0 Å². The van der Waals surface area contributed by atoms with E-state index in [-0.39, 0.29) is 6.61 Å². The second-order valence-electron chi connectivity index (χ2n) is 3.31. The molecule has 0 bridgehead atoms. The maximum Gasteiger partial charge on any atom is 0.0832 e. The van der Waals surface area contributed by atoms with Crippen molar-refractivity contribution in [3.05, 3.63) is 42.0 Å². The van der Waals surface area contributed by atoms with Crippen molar-refractivity contribution in [1.29, 1.82) is 0 Å². The Morgan fingerprint density at radius 2 is 2.36 bits per heavy atom. The fourth-order valence-corrected chi connectivity index (χ4v) is 1.50. The van der Waals surface area contributed by atoms with Crippen LogP contribution in [0.1, 0.15) is 11.3 Å². The average Bonchev–Trinajstić information content (AvgIpc) is 2.76. The Labute approximate surface area is 82.4 Å². The molecular formula is C10H13N3O. The van der Waals surface area contributed by atoms with Crippen LogP contribution >= 0.6 is 0 Å². The molecule has 2 heterocycles. The van der Waals surface area contributed by atoms with Crippen molar-refractivity contribution in [1.82, 2.24) is 14.3 Å². The molecule has 0 spiro atoms. The maximum absolute atomic E-state index is 9.05. The number of rotatable bonds is 3. The van der Waals surface area contributed by atoms with E-state index in [0.717, 1.165) is 17.8 Å². The summed E-state index contributed by atoms with van der Waals surface area (Å²) >= 11 is 0. The fourth-order valence-electron chi connectivity index (χ4n) is 1.50. The van der Waals surface area contributed by atoms with Gasteiger partial charge in [0.1, 0.15) is 0 Å². The lowest BCUT2D eigenvalue weighted by Gasteiger charge is -2.04. The highest BCUT2D eigenvalue weighted by atomic mass is 16.3. The van der Waals surface area contributed by atoms with Crippen LogP contribution < -0.4 is 0 Å². The van der Waals surface area contributed by atoms with Crippen molar-refractivity contribution >= 4 is 0 Å². The molecule has 4 heteroatoms. The molecular weight excluding hydrogens is 178 g/mol. The molecule has 0 aliphatic carbocycles. The quantitative estimate of drug-likeness (QED) is 0.778. The number of hydrogen-bond acceptors (Lipinski definition) is 2. The van der Waals surface area contributed by atoms with Crippen molar-refractivity contribution in [2.45, 2.75) is 13.2 Å². The molecule has 0 fully saturated rings. The van der Waals surface area contributed by atoms with E-state index in [4.69, 9.17) is 5.11 Å². The van der Waals surface area contributed by atoms with Gasteiger partial charge in [0.25, 0.3) is 0 Å². The topological polar surface area (TPSA) is 43.0 Å². The molecule has 4 nitrogen and oxygen atoms in total. The summed E-state index contributed by atoms with van der Waals surface area (Å²) in [6, 6.07) is 3.85. The second kappa shape index (κ2) is 3.67. The molecule has 2 aromatic rings. The van der Waals surface area contributed by atoms with Crippen LogP contribution in [0.15, 0.2) is 30.7 Å². The first-order chi connectivity index (χ1) is 6.79. The Morgan fingerprint density at radius 1 is 1.50 bits per heavy atom.